The summed E-state index contributed by atoms with van der Waals surface area (Å²) in [4.78, 5) is 43.2. The molecule has 1 fully saturated rings. The summed E-state index contributed by atoms with van der Waals surface area (Å²) in [7, 11) is 1.57. The summed E-state index contributed by atoms with van der Waals surface area (Å²) < 4.78 is 0. The number of aliphatic hydroxyl groups is 1. The summed E-state index contributed by atoms with van der Waals surface area (Å²) in [5.41, 5.74) is 1.74. The smallest absolute Gasteiger partial charge is 0.247 e. The van der Waals surface area contributed by atoms with E-state index in [1.807, 2.05) is 43.3 Å². The molecule has 3 rings (SSSR count). The summed E-state index contributed by atoms with van der Waals surface area (Å²) >= 11 is 0. The van der Waals surface area contributed by atoms with E-state index in [2.05, 4.69) is 29.4 Å². The molecule has 1 aliphatic carbocycles. The van der Waals surface area contributed by atoms with Gasteiger partial charge in [0.05, 0.1) is 11.8 Å². The van der Waals surface area contributed by atoms with Gasteiger partial charge in [-0.05, 0) is 50.5 Å². The minimum absolute atomic E-state index is 0.0780. The third kappa shape index (κ3) is 4.90. The predicted molar refractivity (Wildman–Crippen MR) is 129 cm³/mol. The van der Waals surface area contributed by atoms with E-state index in [1.165, 1.54) is 0 Å². The molecule has 0 bridgehead atoms. The molecule has 180 valence electrons. The van der Waals surface area contributed by atoms with Crippen LogP contribution in [-0.4, -0.2) is 67.1 Å². The number of carbonyl (C=O) groups is 3. The van der Waals surface area contributed by atoms with Crippen LogP contribution in [-0.2, 0) is 14.4 Å². The van der Waals surface area contributed by atoms with Gasteiger partial charge in [-0.3, -0.25) is 14.4 Å². The molecule has 2 aliphatic rings. The number of hydrogen-bond acceptors (Lipinski definition) is 5. The molecule has 1 aromatic rings. The van der Waals surface area contributed by atoms with Crippen molar-refractivity contribution in [2.45, 2.75) is 33.2 Å². The van der Waals surface area contributed by atoms with Crippen molar-refractivity contribution in [2.24, 2.45) is 23.7 Å². The second kappa shape index (κ2) is 10.8. The number of carbonyl (C=O) groups excluding carboxylic acids is 3. The number of anilines is 2. The zero-order valence-corrected chi connectivity index (χ0v) is 20.0. The minimum Gasteiger partial charge on any atom is -0.396 e. The first kappa shape index (κ1) is 24.8. The number of rotatable bonds is 9. The molecule has 3 N–H and O–H groups in total. The molecule has 0 spiro atoms. The summed E-state index contributed by atoms with van der Waals surface area (Å²) in [5.74, 6) is -2.29. The van der Waals surface area contributed by atoms with Gasteiger partial charge in [-0.2, -0.15) is 0 Å². The maximum absolute atomic E-state index is 13.4. The molecule has 1 aliphatic heterocycles. The molecule has 0 saturated carbocycles. The maximum Gasteiger partial charge on any atom is 0.247 e. The molecule has 1 aromatic carbocycles. The average Bonchev–Trinajstić information content (AvgIpc) is 3.10. The molecule has 0 radical (unpaired) electrons. The zero-order valence-electron chi connectivity index (χ0n) is 20.0. The second-order valence-electron chi connectivity index (χ2n) is 8.75. The van der Waals surface area contributed by atoms with Crippen molar-refractivity contribution in [2.75, 3.05) is 43.5 Å². The van der Waals surface area contributed by atoms with Crippen molar-refractivity contribution in [1.29, 1.82) is 0 Å². The Morgan fingerprint density at radius 2 is 1.76 bits per heavy atom. The van der Waals surface area contributed by atoms with Gasteiger partial charge in [-0.1, -0.05) is 19.1 Å². The lowest BCUT2D eigenvalue weighted by atomic mass is 9.70. The molecule has 8 nitrogen and oxygen atoms in total. The van der Waals surface area contributed by atoms with Crippen LogP contribution in [0.4, 0.5) is 11.4 Å². The molecule has 0 aromatic heterocycles. The lowest BCUT2D eigenvalue weighted by Gasteiger charge is -2.32. The Bertz CT molecular complexity index is 881. The number of fused-ring (bicyclic) bond motifs is 1. The summed E-state index contributed by atoms with van der Waals surface area (Å²) in [6, 6.07) is 6.94. The number of benzene rings is 1. The Labute approximate surface area is 196 Å². The fraction of sp³-hybridized carbons (Fsp3) is 0.560. The Hall–Kier alpha value is -2.87. The third-order valence-corrected chi connectivity index (χ3v) is 6.91. The summed E-state index contributed by atoms with van der Waals surface area (Å²) in [5, 5.41) is 15.0. The molecule has 8 heteroatoms. The molecule has 0 unspecified atom stereocenters. The van der Waals surface area contributed by atoms with Gasteiger partial charge < -0.3 is 25.5 Å². The predicted octanol–water partition coefficient (Wildman–Crippen LogP) is 1.86. The molecule has 5 atom stereocenters. The normalized spacial score (nSPS) is 26.2. The molecule has 3 amide bonds. The van der Waals surface area contributed by atoms with Gasteiger partial charge in [0, 0.05) is 50.6 Å². The van der Waals surface area contributed by atoms with Crippen LogP contribution in [0.25, 0.3) is 0 Å². The highest BCUT2D eigenvalue weighted by molar-refractivity contribution is 6.02. The molecule has 1 saturated heterocycles. The van der Waals surface area contributed by atoms with Crippen LogP contribution in [0, 0.1) is 23.7 Å². The van der Waals surface area contributed by atoms with E-state index in [9.17, 15) is 19.5 Å². The first-order valence-electron chi connectivity index (χ1n) is 11.8. The minimum atomic E-state index is -0.729. The van der Waals surface area contributed by atoms with E-state index in [0.29, 0.717) is 12.1 Å². The standard InChI is InChI=1S/C25H36N4O4/c1-5-28(6-2)18-11-9-17(10-12-18)27-24(32)22-19-13-8-16(3)20(23(31)26-4)21(19)25(33)29(22)14-7-15-30/h8-13,16,19-22,30H,5-7,14-15H2,1-4H3,(H,26,31)(H,27,32)/t16-,19+,20-,21-,22+/m1/s1. The lowest BCUT2D eigenvalue weighted by Crippen LogP contribution is -2.45. The molecular formula is C25H36N4O4. The Kier molecular flexibility index (Phi) is 8.13. The number of nitrogens with one attached hydrogen (secondary N) is 2. The van der Waals surface area contributed by atoms with Crippen molar-refractivity contribution < 1.29 is 19.5 Å². The number of hydrogen-bond donors (Lipinski definition) is 3. The lowest BCUT2D eigenvalue weighted by molar-refractivity contribution is -0.140. The van der Waals surface area contributed by atoms with Crippen LogP contribution in [0.15, 0.2) is 36.4 Å². The third-order valence-electron chi connectivity index (χ3n) is 6.91. The van der Waals surface area contributed by atoms with Crippen molar-refractivity contribution in [3.63, 3.8) is 0 Å². The van der Waals surface area contributed by atoms with Gasteiger partial charge in [0.15, 0.2) is 0 Å². The Balaban J connectivity index is 1.87. The highest BCUT2D eigenvalue weighted by Gasteiger charge is 2.56. The topological polar surface area (TPSA) is 102 Å². The number of nitrogens with zero attached hydrogens (tertiary/aromatic N) is 2. The molecule has 33 heavy (non-hydrogen) atoms. The summed E-state index contributed by atoms with van der Waals surface area (Å²) in [6.07, 6.45) is 4.22. The van der Waals surface area contributed by atoms with Gasteiger partial charge in [0.2, 0.25) is 17.7 Å². The van der Waals surface area contributed by atoms with Crippen molar-refractivity contribution in [1.82, 2.24) is 10.2 Å². The fourth-order valence-corrected chi connectivity index (χ4v) is 5.20. The largest absolute Gasteiger partial charge is 0.396 e. The Morgan fingerprint density at radius 1 is 1.09 bits per heavy atom. The van der Waals surface area contributed by atoms with Crippen LogP contribution in [0.2, 0.25) is 0 Å². The van der Waals surface area contributed by atoms with E-state index in [1.54, 1.807) is 11.9 Å². The van der Waals surface area contributed by atoms with Gasteiger partial charge in [-0.15, -0.1) is 0 Å². The SMILES string of the molecule is CCN(CC)c1ccc(NC(=O)[C@@H]2[C@H]3C=C[C@@H](C)[C@@H](C(=O)NC)[C@@H]3C(=O)N2CCCO)cc1. The first-order chi connectivity index (χ1) is 15.9. The number of likely N-dealkylation sites (tertiary alicyclic amines) is 1. The highest BCUT2D eigenvalue weighted by atomic mass is 16.3. The number of allylic oxidation sites excluding steroid dienone is 1. The fourth-order valence-electron chi connectivity index (χ4n) is 5.20. The average molecular weight is 457 g/mol. The van der Waals surface area contributed by atoms with E-state index in [0.717, 1.165) is 18.8 Å². The van der Waals surface area contributed by atoms with Gasteiger partial charge in [0.1, 0.15) is 6.04 Å². The van der Waals surface area contributed by atoms with Crippen molar-refractivity contribution in [3.8, 4) is 0 Å². The first-order valence-corrected chi connectivity index (χ1v) is 11.8. The van der Waals surface area contributed by atoms with Gasteiger partial charge in [-0.25, -0.2) is 0 Å². The van der Waals surface area contributed by atoms with Gasteiger partial charge >= 0.3 is 0 Å². The second-order valence-corrected chi connectivity index (χ2v) is 8.75. The van der Waals surface area contributed by atoms with Crippen LogP contribution in [0.3, 0.4) is 0 Å². The number of amides is 3. The summed E-state index contributed by atoms with van der Waals surface area (Å²) in [6.45, 7) is 8.09. The number of aliphatic hydroxyl groups excluding tert-OH is 1. The quantitative estimate of drug-likeness (QED) is 0.493. The van der Waals surface area contributed by atoms with E-state index < -0.39 is 23.8 Å². The van der Waals surface area contributed by atoms with Crippen LogP contribution in [0.5, 0.6) is 0 Å². The van der Waals surface area contributed by atoms with Crippen LogP contribution in [0.1, 0.15) is 27.2 Å². The van der Waals surface area contributed by atoms with E-state index >= 15 is 0 Å². The van der Waals surface area contributed by atoms with E-state index in [4.69, 9.17) is 0 Å². The molecule has 1 heterocycles. The van der Waals surface area contributed by atoms with Crippen molar-refractivity contribution >= 4 is 29.1 Å². The monoisotopic (exact) mass is 456 g/mol. The van der Waals surface area contributed by atoms with Gasteiger partial charge in [0.25, 0.3) is 0 Å². The zero-order chi connectivity index (χ0) is 24.1. The maximum atomic E-state index is 13.4. The highest BCUT2D eigenvalue weighted by Crippen LogP contribution is 2.44. The van der Waals surface area contributed by atoms with E-state index in [-0.39, 0.29) is 36.8 Å². The van der Waals surface area contributed by atoms with Crippen LogP contribution < -0.4 is 15.5 Å². The molecular weight excluding hydrogens is 420 g/mol. The van der Waals surface area contributed by atoms with Crippen LogP contribution >= 0.6 is 0 Å². The van der Waals surface area contributed by atoms with Crippen molar-refractivity contribution in [3.05, 3.63) is 36.4 Å². The Morgan fingerprint density at radius 3 is 2.33 bits per heavy atom.